The highest BCUT2D eigenvalue weighted by molar-refractivity contribution is 5.31. The van der Waals surface area contributed by atoms with Crippen LogP contribution in [0.2, 0.25) is 0 Å². The Morgan fingerprint density at radius 1 is 1.19 bits per heavy atom. The Kier molecular flexibility index (Phi) is 10.5. The molecule has 0 saturated carbocycles. The van der Waals surface area contributed by atoms with E-state index in [1.54, 1.807) is 16.7 Å². The predicted molar refractivity (Wildman–Crippen MR) is 138 cm³/mol. The Labute approximate surface area is 197 Å². The van der Waals surface area contributed by atoms with Crippen molar-refractivity contribution in [3.63, 3.8) is 0 Å². The third kappa shape index (κ3) is 8.86. The Balaban J connectivity index is 1.53. The summed E-state index contributed by atoms with van der Waals surface area (Å²) in [6.45, 7) is 15.6. The normalized spacial score (nSPS) is 25.8. The lowest BCUT2D eigenvalue weighted by atomic mass is 9.87. The lowest BCUT2D eigenvalue weighted by molar-refractivity contribution is 0.142. The number of nitrogens with zero attached hydrogens (tertiary/aromatic N) is 2. The van der Waals surface area contributed by atoms with Crippen LogP contribution in [0.4, 0.5) is 0 Å². The first-order chi connectivity index (χ1) is 15.5. The van der Waals surface area contributed by atoms with Crippen LogP contribution in [0.1, 0.15) is 52.9 Å². The number of piperazine rings is 1. The van der Waals surface area contributed by atoms with E-state index in [4.69, 9.17) is 0 Å². The highest BCUT2D eigenvalue weighted by atomic mass is 15.2. The van der Waals surface area contributed by atoms with E-state index in [2.05, 4.69) is 78.0 Å². The van der Waals surface area contributed by atoms with E-state index in [9.17, 15) is 0 Å². The second-order valence-electron chi connectivity index (χ2n) is 10.1. The maximum atomic E-state index is 3.71. The van der Waals surface area contributed by atoms with Crippen LogP contribution in [0, 0.1) is 5.92 Å². The third-order valence-corrected chi connectivity index (χ3v) is 6.92. The van der Waals surface area contributed by atoms with Crippen LogP contribution in [-0.2, 0) is 0 Å². The Morgan fingerprint density at radius 2 is 1.97 bits per heavy atom. The van der Waals surface area contributed by atoms with Gasteiger partial charge < -0.3 is 20.4 Å². The van der Waals surface area contributed by atoms with Gasteiger partial charge >= 0.3 is 0 Å². The summed E-state index contributed by atoms with van der Waals surface area (Å²) < 4.78 is 0. The summed E-state index contributed by atoms with van der Waals surface area (Å²) in [4.78, 5) is 5.12. The zero-order chi connectivity index (χ0) is 22.8. The van der Waals surface area contributed by atoms with Gasteiger partial charge in [0.25, 0.3) is 0 Å². The van der Waals surface area contributed by atoms with E-state index in [0.29, 0.717) is 12.1 Å². The van der Waals surface area contributed by atoms with E-state index in [-0.39, 0.29) is 0 Å². The van der Waals surface area contributed by atoms with Crippen LogP contribution >= 0.6 is 0 Å². The number of nitrogens with one attached hydrogen (secondary N) is 3. The first-order valence-electron chi connectivity index (χ1n) is 12.9. The third-order valence-electron chi connectivity index (χ3n) is 6.92. The van der Waals surface area contributed by atoms with Gasteiger partial charge in [0.2, 0.25) is 0 Å². The SMILES string of the molecule is CC/C=C(/C)CCCC1=CC(CN2CCN(C)CC2)CC(CNCC2=CNC(C)NC2)=C1. The topological polar surface area (TPSA) is 42.6 Å². The zero-order valence-electron chi connectivity index (χ0n) is 21.1. The van der Waals surface area contributed by atoms with Crippen molar-refractivity contribution in [2.24, 2.45) is 5.92 Å². The molecule has 3 N–H and O–H groups in total. The number of hydrogen-bond donors (Lipinski definition) is 3. The summed E-state index contributed by atoms with van der Waals surface area (Å²) in [5.41, 5.74) is 6.09. The average Bonchev–Trinajstić information content (AvgIpc) is 2.77. The van der Waals surface area contributed by atoms with Crippen molar-refractivity contribution < 1.29 is 0 Å². The van der Waals surface area contributed by atoms with Crippen molar-refractivity contribution >= 4 is 0 Å². The van der Waals surface area contributed by atoms with Gasteiger partial charge in [-0.2, -0.15) is 0 Å². The Bertz CT molecular complexity index is 697. The van der Waals surface area contributed by atoms with Crippen molar-refractivity contribution in [2.45, 2.75) is 59.0 Å². The van der Waals surface area contributed by atoms with Gasteiger partial charge in [0.1, 0.15) is 0 Å². The lowest BCUT2D eigenvalue weighted by Gasteiger charge is -2.35. The van der Waals surface area contributed by atoms with E-state index in [0.717, 1.165) is 26.1 Å². The average molecular weight is 442 g/mol. The van der Waals surface area contributed by atoms with E-state index in [1.807, 2.05) is 0 Å². The summed E-state index contributed by atoms with van der Waals surface area (Å²) >= 11 is 0. The quantitative estimate of drug-likeness (QED) is 0.427. The molecule has 0 aromatic heterocycles. The smallest absolute Gasteiger partial charge is 0.0736 e. The molecule has 32 heavy (non-hydrogen) atoms. The molecular formula is C27H47N5. The van der Waals surface area contributed by atoms with Crippen LogP contribution in [0.3, 0.4) is 0 Å². The molecule has 2 heterocycles. The summed E-state index contributed by atoms with van der Waals surface area (Å²) in [6, 6.07) is 0. The van der Waals surface area contributed by atoms with Crippen LogP contribution in [0.25, 0.3) is 0 Å². The number of rotatable bonds is 11. The molecule has 5 nitrogen and oxygen atoms in total. The van der Waals surface area contributed by atoms with Crippen LogP contribution in [0.5, 0.6) is 0 Å². The summed E-state index contributed by atoms with van der Waals surface area (Å²) in [6.07, 6.45) is 16.1. The van der Waals surface area contributed by atoms with Gasteiger partial charge in [-0.15, -0.1) is 0 Å². The molecule has 0 spiro atoms. The van der Waals surface area contributed by atoms with Crippen molar-refractivity contribution in [3.8, 4) is 0 Å². The first-order valence-corrected chi connectivity index (χ1v) is 12.9. The monoisotopic (exact) mass is 441 g/mol. The second-order valence-corrected chi connectivity index (χ2v) is 10.1. The van der Waals surface area contributed by atoms with Gasteiger partial charge in [-0.25, -0.2) is 0 Å². The molecule has 0 amide bonds. The van der Waals surface area contributed by atoms with E-state index >= 15 is 0 Å². The molecule has 0 radical (unpaired) electrons. The molecule has 1 aliphatic carbocycles. The minimum atomic E-state index is 0.374. The molecule has 2 aliphatic heterocycles. The lowest BCUT2D eigenvalue weighted by Crippen LogP contribution is -2.46. The van der Waals surface area contributed by atoms with Gasteiger partial charge in [-0.1, -0.05) is 41.9 Å². The summed E-state index contributed by atoms with van der Waals surface area (Å²) in [5.74, 6) is 0.653. The van der Waals surface area contributed by atoms with Gasteiger partial charge in [0.15, 0.2) is 0 Å². The fraction of sp³-hybridized carbons (Fsp3) is 0.704. The standard InChI is InChI=1S/C27H47N5/c1-5-7-22(2)8-6-9-24-14-25(17-28-18-27-19-29-23(3)30-20-27)16-26(15-24)21-32-12-10-31(4)11-13-32/h7,14-15,19,23,26,28-30H,5-6,8-13,16-18,20-21H2,1-4H3/b22-7-. The van der Waals surface area contributed by atoms with Gasteiger partial charge in [0.05, 0.1) is 6.17 Å². The molecule has 1 saturated heterocycles. The Morgan fingerprint density at radius 3 is 2.69 bits per heavy atom. The number of allylic oxidation sites excluding steroid dienone is 4. The highest BCUT2D eigenvalue weighted by Crippen LogP contribution is 2.27. The van der Waals surface area contributed by atoms with Gasteiger partial charge in [-0.05, 0) is 70.7 Å². The molecular weight excluding hydrogens is 394 g/mol. The van der Waals surface area contributed by atoms with Crippen molar-refractivity contribution in [1.82, 2.24) is 25.8 Å². The molecule has 0 aromatic rings. The minimum Gasteiger partial charge on any atom is -0.376 e. The molecule has 3 rings (SSSR count). The van der Waals surface area contributed by atoms with E-state index in [1.165, 1.54) is 64.0 Å². The summed E-state index contributed by atoms with van der Waals surface area (Å²) in [7, 11) is 2.24. The van der Waals surface area contributed by atoms with Crippen molar-refractivity contribution in [2.75, 3.05) is 59.4 Å². The molecule has 0 aromatic carbocycles. The molecule has 2 unspecified atom stereocenters. The fourth-order valence-corrected chi connectivity index (χ4v) is 4.98. The van der Waals surface area contributed by atoms with Gasteiger partial charge in [-0.3, -0.25) is 5.32 Å². The summed E-state index contributed by atoms with van der Waals surface area (Å²) in [5, 5.41) is 10.5. The molecule has 0 bridgehead atoms. The Hall–Kier alpha value is -1.40. The second kappa shape index (κ2) is 13.3. The molecule has 1 fully saturated rings. The molecule has 5 heteroatoms. The number of likely N-dealkylation sites (N-methyl/N-ethyl adjacent to an activating group) is 1. The fourth-order valence-electron chi connectivity index (χ4n) is 4.98. The molecule has 180 valence electrons. The zero-order valence-corrected chi connectivity index (χ0v) is 21.1. The van der Waals surface area contributed by atoms with Crippen molar-refractivity contribution in [1.29, 1.82) is 0 Å². The van der Waals surface area contributed by atoms with Crippen LogP contribution < -0.4 is 16.0 Å². The molecule has 3 aliphatic rings. The number of hydrogen-bond acceptors (Lipinski definition) is 5. The van der Waals surface area contributed by atoms with Gasteiger partial charge in [0, 0.05) is 52.4 Å². The largest absolute Gasteiger partial charge is 0.376 e. The maximum Gasteiger partial charge on any atom is 0.0736 e. The highest BCUT2D eigenvalue weighted by Gasteiger charge is 2.21. The maximum absolute atomic E-state index is 3.71. The van der Waals surface area contributed by atoms with Crippen LogP contribution in [0.15, 0.2) is 46.7 Å². The minimum absolute atomic E-state index is 0.374. The first kappa shape index (κ1) is 25.2. The predicted octanol–water partition coefficient (Wildman–Crippen LogP) is 3.65. The molecule has 2 atom stereocenters. The van der Waals surface area contributed by atoms with Crippen LogP contribution in [-0.4, -0.2) is 75.4 Å². The van der Waals surface area contributed by atoms with E-state index < -0.39 is 0 Å². The van der Waals surface area contributed by atoms with Crippen molar-refractivity contribution in [3.05, 3.63) is 46.7 Å².